The fourth-order valence-electron chi connectivity index (χ4n) is 1.50. The molecular formula is C12H18N2O3. The van der Waals surface area contributed by atoms with E-state index < -0.39 is 0 Å². The van der Waals surface area contributed by atoms with Gasteiger partial charge in [0.15, 0.2) is 0 Å². The first-order chi connectivity index (χ1) is 8.06. The van der Waals surface area contributed by atoms with Crippen molar-refractivity contribution >= 4 is 11.6 Å². The first kappa shape index (κ1) is 13.3. The minimum Gasteiger partial charge on any atom is -0.506 e. The lowest BCUT2D eigenvalue weighted by atomic mass is 10.1. The largest absolute Gasteiger partial charge is 0.506 e. The highest BCUT2D eigenvalue weighted by atomic mass is 16.7. The number of phenolic OH excluding ortho intramolecular Hbond substituents is 1. The van der Waals surface area contributed by atoms with Gasteiger partial charge in [-0.2, -0.15) is 0 Å². The maximum absolute atomic E-state index is 11.4. The number of para-hydroxylation sites is 1. The highest BCUT2D eigenvalue weighted by Crippen LogP contribution is 2.25. The molecule has 0 unspecified atom stereocenters. The van der Waals surface area contributed by atoms with Gasteiger partial charge in [-0.15, -0.1) is 0 Å². The number of phenols is 1. The van der Waals surface area contributed by atoms with Gasteiger partial charge >= 0.3 is 0 Å². The number of nitrogen functional groups attached to an aromatic ring is 1. The molecule has 0 aromatic heterocycles. The van der Waals surface area contributed by atoms with Gasteiger partial charge in [0, 0.05) is 13.5 Å². The number of hydroxylamine groups is 2. The van der Waals surface area contributed by atoms with Gasteiger partial charge in [0.1, 0.15) is 5.75 Å². The zero-order valence-electron chi connectivity index (χ0n) is 10.1. The number of carbonyl (C=O) groups is 1. The maximum Gasteiger partial charge on any atom is 0.245 e. The molecule has 0 aliphatic rings. The van der Waals surface area contributed by atoms with Crippen LogP contribution >= 0.6 is 0 Å². The number of nitrogens with zero attached hydrogens (tertiary/aromatic N) is 1. The number of rotatable bonds is 5. The Morgan fingerprint density at radius 1 is 1.53 bits per heavy atom. The van der Waals surface area contributed by atoms with Crippen molar-refractivity contribution in [3.05, 3.63) is 23.8 Å². The zero-order valence-corrected chi connectivity index (χ0v) is 10.1. The number of hydrogen-bond donors (Lipinski definition) is 2. The second-order valence-corrected chi connectivity index (χ2v) is 3.78. The number of aromatic hydroxyl groups is 1. The minimum atomic E-state index is -0.0871. The predicted octanol–water partition coefficient (Wildman–Crippen LogP) is 1.32. The molecule has 17 heavy (non-hydrogen) atoms. The number of carbonyl (C=O) groups excluding carboxylic acids is 1. The Kier molecular flexibility index (Phi) is 4.78. The third kappa shape index (κ3) is 3.64. The molecule has 1 rings (SSSR count). The van der Waals surface area contributed by atoms with Crippen molar-refractivity contribution in [2.24, 2.45) is 0 Å². The average Bonchev–Trinajstić information content (AvgIpc) is 2.33. The summed E-state index contributed by atoms with van der Waals surface area (Å²) in [5.74, 6) is 0.0240. The van der Waals surface area contributed by atoms with Crippen LogP contribution in [0.25, 0.3) is 0 Å². The van der Waals surface area contributed by atoms with E-state index in [9.17, 15) is 9.90 Å². The van der Waals surface area contributed by atoms with Crippen molar-refractivity contribution in [1.82, 2.24) is 5.06 Å². The smallest absolute Gasteiger partial charge is 0.245 e. The number of hydrogen-bond acceptors (Lipinski definition) is 4. The molecule has 0 saturated heterocycles. The highest BCUT2D eigenvalue weighted by Gasteiger charge is 2.09. The lowest BCUT2D eigenvalue weighted by Gasteiger charge is -2.13. The molecule has 5 nitrogen and oxygen atoms in total. The summed E-state index contributed by atoms with van der Waals surface area (Å²) in [6.45, 7) is 0. The second kappa shape index (κ2) is 6.10. The van der Waals surface area contributed by atoms with Crippen LogP contribution in [0.15, 0.2) is 18.2 Å². The number of benzene rings is 1. The van der Waals surface area contributed by atoms with E-state index in [1.807, 2.05) is 0 Å². The summed E-state index contributed by atoms with van der Waals surface area (Å²) in [6, 6.07) is 5.23. The minimum absolute atomic E-state index is 0.0871. The fourth-order valence-corrected chi connectivity index (χ4v) is 1.50. The topological polar surface area (TPSA) is 75.8 Å². The molecule has 1 aromatic carbocycles. The molecule has 0 spiro atoms. The molecule has 0 aliphatic heterocycles. The molecule has 3 N–H and O–H groups in total. The normalized spacial score (nSPS) is 10.2. The van der Waals surface area contributed by atoms with Crippen LogP contribution in [0.2, 0.25) is 0 Å². The van der Waals surface area contributed by atoms with Crippen molar-refractivity contribution in [3.8, 4) is 5.75 Å². The predicted molar refractivity (Wildman–Crippen MR) is 65.2 cm³/mol. The van der Waals surface area contributed by atoms with Crippen molar-refractivity contribution in [1.29, 1.82) is 0 Å². The van der Waals surface area contributed by atoms with Crippen LogP contribution in [0.5, 0.6) is 5.75 Å². The zero-order chi connectivity index (χ0) is 12.8. The summed E-state index contributed by atoms with van der Waals surface area (Å²) >= 11 is 0. The molecule has 0 atom stereocenters. The molecule has 94 valence electrons. The van der Waals surface area contributed by atoms with E-state index in [1.165, 1.54) is 12.2 Å². The molecule has 1 amide bonds. The monoisotopic (exact) mass is 238 g/mol. The third-order valence-corrected chi connectivity index (χ3v) is 2.61. The van der Waals surface area contributed by atoms with Gasteiger partial charge in [-0.1, -0.05) is 12.1 Å². The summed E-state index contributed by atoms with van der Waals surface area (Å²) in [7, 11) is 3.02. The Hall–Kier alpha value is -1.75. The van der Waals surface area contributed by atoms with Crippen LogP contribution in [-0.4, -0.2) is 30.2 Å². The lowest BCUT2D eigenvalue weighted by Crippen LogP contribution is -2.25. The molecule has 0 aliphatic carbocycles. The molecule has 0 radical (unpaired) electrons. The van der Waals surface area contributed by atoms with E-state index in [0.717, 1.165) is 5.56 Å². The van der Waals surface area contributed by atoms with Gasteiger partial charge in [0.2, 0.25) is 5.91 Å². The van der Waals surface area contributed by atoms with E-state index in [0.29, 0.717) is 24.9 Å². The molecule has 0 heterocycles. The maximum atomic E-state index is 11.4. The van der Waals surface area contributed by atoms with Gasteiger partial charge in [-0.3, -0.25) is 9.63 Å². The standard InChI is InChI=1S/C12H18N2O3/c1-14(17-2)11(15)8-4-6-9-5-3-7-10(13)12(9)16/h3,5,7,16H,4,6,8,13H2,1-2H3. The Morgan fingerprint density at radius 2 is 2.24 bits per heavy atom. The Bertz CT molecular complexity index is 393. The summed E-state index contributed by atoms with van der Waals surface area (Å²) in [4.78, 5) is 16.2. The lowest BCUT2D eigenvalue weighted by molar-refractivity contribution is -0.168. The van der Waals surface area contributed by atoms with E-state index >= 15 is 0 Å². The van der Waals surface area contributed by atoms with Crippen molar-refractivity contribution < 1.29 is 14.7 Å². The molecule has 0 saturated carbocycles. The molecule has 5 heteroatoms. The number of anilines is 1. The number of nitrogens with two attached hydrogens (primary N) is 1. The summed E-state index contributed by atoms with van der Waals surface area (Å²) < 4.78 is 0. The van der Waals surface area contributed by atoms with Crippen molar-refractivity contribution in [2.45, 2.75) is 19.3 Å². The van der Waals surface area contributed by atoms with Gasteiger partial charge in [0.25, 0.3) is 0 Å². The molecular weight excluding hydrogens is 220 g/mol. The van der Waals surface area contributed by atoms with Crippen LogP contribution in [0, 0.1) is 0 Å². The van der Waals surface area contributed by atoms with Gasteiger partial charge in [-0.05, 0) is 24.5 Å². The first-order valence-electron chi connectivity index (χ1n) is 5.43. The quantitative estimate of drug-likeness (QED) is 0.461. The van der Waals surface area contributed by atoms with E-state index in [-0.39, 0.29) is 11.7 Å². The van der Waals surface area contributed by atoms with E-state index in [4.69, 9.17) is 10.6 Å². The van der Waals surface area contributed by atoms with Crippen molar-refractivity contribution in [2.75, 3.05) is 19.9 Å². The van der Waals surface area contributed by atoms with Crippen LogP contribution in [-0.2, 0) is 16.1 Å². The Labute approximate surface area is 101 Å². The van der Waals surface area contributed by atoms with Gasteiger partial charge < -0.3 is 10.8 Å². The van der Waals surface area contributed by atoms with Crippen LogP contribution in [0.3, 0.4) is 0 Å². The summed E-state index contributed by atoms with van der Waals surface area (Å²) in [5, 5.41) is 10.9. The number of amides is 1. The molecule has 1 aromatic rings. The Morgan fingerprint density at radius 3 is 2.88 bits per heavy atom. The summed E-state index contributed by atoms with van der Waals surface area (Å²) in [6.07, 6.45) is 1.63. The molecule has 0 bridgehead atoms. The van der Waals surface area contributed by atoms with E-state index in [2.05, 4.69) is 0 Å². The number of aryl methyl sites for hydroxylation is 1. The van der Waals surface area contributed by atoms with Crippen molar-refractivity contribution in [3.63, 3.8) is 0 Å². The Balaban J connectivity index is 2.46. The van der Waals surface area contributed by atoms with Crippen LogP contribution in [0.1, 0.15) is 18.4 Å². The van der Waals surface area contributed by atoms with Gasteiger partial charge in [0.05, 0.1) is 12.8 Å². The first-order valence-corrected chi connectivity index (χ1v) is 5.43. The third-order valence-electron chi connectivity index (χ3n) is 2.61. The molecule has 0 fully saturated rings. The average molecular weight is 238 g/mol. The van der Waals surface area contributed by atoms with Crippen LogP contribution < -0.4 is 5.73 Å². The van der Waals surface area contributed by atoms with Gasteiger partial charge in [-0.25, -0.2) is 5.06 Å². The van der Waals surface area contributed by atoms with Crippen LogP contribution in [0.4, 0.5) is 5.69 Å². The fraction of sp³-hybridized carbons (Fsp3) is 0.417. The van der Waals surface area contributed by atoms with E-state index in [1.54, 1.807) is 25.2 Å². The second-order valence-electron chi connectivity index (χ2n) is 3.78. The SMILES string of the molecule is CON(C)C(=O)CCCc1cccc(N)c1O. The summed E-state index contributed by atoms with van der Waals surface area (Å²) in [5.41, 5.74) is 6.70. The highest BCUT2D eigenvalue weighted by molar-refractivity contribution is 5.74.